The lowest BCUT2D eigenvalue weighted by molar-refractivity contribution is -0.104. The van der Waals surface area contributed by atoms with Crippen molar-refractivity contribution in [2.24, 2.45) is 0 Å². The van der Waals surface area contributed by atoms with E-state index in [0.717, 1.165) is 19.3 Å². The molecule has 14 heavy (non-hydrogen) atoms. The minimum atomic E-state index is 0.584. The van der Waals surface area contributed by atoms with E-state index in [9.17, 15) is 4.79 Å². The Hall–Kier alpha value is -1.57. The van der Waals surface area contributed by atoms with E-state index >= 15 is 0 Å². The maximum absolute atomic E-state index is 10.7. The first-order valence-corrected chi connectivity index (χ1v) is 4.69. The molecule has 1 aliphatic rings. The van der Waals surface area contributed by atoms with E-state index in [-0.39, 0.29) is 0 Å². The molecule has 0 radical (unpaired) electrons. The number of hydrogen-bond acceptors (Lipinski definition) is 2. The van der Waals surface area contributed by atoms with Gasteiger partial charge in [0.15, 0.2) is 6.29 Å². The van der Waals surface area contributed by atoms with Crippen molar-refractivity contribution >= 4 is 6.29 Å². The average Bonchev–Trinajstić information content (AvgIpc) is 2.71. The number of nitrogens with one attached hydrogen (secondary N) is 1. The average molecular weight is 189 g/mol. The molecule has 0 bridgehead atoms. The predicted molar refractivity (Wildman–Crippen MR) is 58.8 cm³/mol. The zero-order chi connectivity index (χ0) is 10.4. The molecule has 1 fully saturated rings. The van der Waals surface area contributed by atoms with Crippen molar-refractivity contribution < 1.29 is 4.79 Å². The number of carbonyl (C=O) groups excluding carboxylic acids is 1. The fourth-order valence-electron chi connectivity index (χ4n) is 1.29. The molecule has 0 saturated carbocycles. The normalized spacial score (nSPS) is 19.1. The molecule has 0 aromatic rings. The summed E-state index contributed by atoms with van der Waals surface area (Å²) in [5.74, 6) is 0. The van der Waals surface area contributed by atoms with Crippen molar-refractivity contribution in [3.8, 4) is 0 Å². The number of rotatable bonds is 4. The Bertz CT molecular complexity index is 302. The quantitative estimate of drug-likeness (QED) is 0.417. The molecule has 0 spiro atoms. The summed E-state index contributed by atoms with van der Waals surface area (Å²) < 4.78 is 0. The van der Waals surface area contributed by atoms with Gasteiger partial charge in [0.25, 0.3) is 0 Å². The van der Waals surface area contributed by atoms with Gasteiger partial charge in [-0.15, -0.1) is 0 Å². The van der Waals surface area contributed by atoms with Crippen molar-refractivity contribution in [3.63, 3.8) is 0 Å². The van der Waals surface area contributed by atoms with Gasteiger partial charge in [-0.3, -0.25) is 4.79 Å². The first-order chi connectivity index (χ1) is 6.77. The highest BCUT2D eigenvalue weighted by molar-refractivity contribution is 5.81. The Labute approximate surface area is 84.7 Å². The summed E-state index contributed by atoms with van der Waals surface area (Å²) in [6.07, 6.45) is 8.33. The van der Waals surface area contributed by atoms with E-state index < -0.39 is 0 Å². The molecule has 0 atom stereocenters. The Balaban J connectivity index is 2.72. The minimum absolute atomic E-state index is 0.584. The highest BCUT2D eigenvalue weighted by atomic mass is 16.1. The SMILES string of the molecule is C=CC(=C)/C(C=O)=C/C=C1/CCCN1. The number of hydrogen-bond donors (Lipinski definition) is 1. The Morgan fingerprint density at radius 1 is 1.50 bits per heavy atom. The van der Waals surface area contributed by atoms with E-state index in [0.29, 0.717) is 11.1 Å². The van der Waals surface area contributed by atoms with Crippen LogP contribution in [0.15, 0.2) is 48.2 Å². The Morgan fingerprint density at radius 3 is 2.79 bits per heavy atom. The molecule has 0 aliphatic carbocycles. The zero-order valence-electron chi connectivity index (χ0n) is 8.25. The Morgan fingerprint density at radius 2 is 2.29 bits per heavy atom. The number of aldehydes is 1. The third-order valence-electron chi connectivity index (χ3n) is 2.18. The predicted octanol–water partition coefficient (Wildman–Crippen LogP) is 2.12. The van der Waals surface area contributed by atoms with Crippen LogP contribution < -0.4 is 5.32 Å². The van der Waals surface area contributed by atoms with Gasteiger partial charge in [0, 0.05) is 17.8 Å². The van der Waals surface area contributed by atoms with Crippen LogP contribution in [0.25, 0.3) is 0 Å². The van der Waals surface area contributed by atoms with Crippen LogP contribution in [0.2, 0.25) is 0 Å². The lowest BCUT2D eigenvalue weighted by atomic mass is 10.1. The standard InChI is InChI=1S/C12H15NO/c1-3-10(2)11(9-14)6-7-12-5-4-8-13-12/h3,6-7,9,13H,1-2,4-5,8H2/b11-6+,12-7-. The van der Waals surface area contributed by atoms with Gasteiger partial charge in [0.05, 0.1) is 0 Å². The molecule has 0 aromatic heterocycles. The summed E-state index contributed by atoms with van der Waals surface area (Å²) >= 11 is 0. The minimum Gasteiger partial charge on any atom is -0.388 e. The summed E-state index contributed by atoms with van der Waals surface area (Å²) in [7, 11) is 0. The van der Waals surface area contributed by atoms with E-state index in [1.807, 2.05) is 6.08 Å². The van der Waals surface area contributed by atoms with E-state index in [1.165, 1.54) is 12.1 Å². The van der Waals surface area contributed by atoms with Crippen LogP contribution in [0.1, 0.15) is 12.8 Å². The van der Waals surface area contributed by atoms with E-state index in [2.05, 4.69) is 18.5 Å². The fourth-order valence-corrected chi connectivity index (χ4v) is 1.29. The van der Waals surface area contributed by atoms with Gasteiger partial charge in [0.1, 0.15) is 0 Å². The largest absolute Gasteiger partial charge is 0.388 e. The van der Waals surface area contributed by atoms with Crippen molar-refractivity contribution in [2.45, 2.75) is 12.8 Å². The molecular weight excluding hydrogens is 174 g/mol. The van der Waals surface area contributed by atoms with Crippen LogP contribution in [0.4, 0.5) is 0 Å². The molecule has 0 amide bonds. The second-order valence-corrected chi connectivity index (χ2v) is 3.19. The molecule has 1 N–H and O–H groups in total. The van der Waals surface area contributed by atoms with Crippen LogP contribution in [-0.2, 0) is 4.79 Å². The van der Waals surface area contributed by atoms with Gasteiger partial charge >= 0.3 is 0 Å². The van der Waals surface area contributed by atoms with Crippen LogP contribution in [0, 0.1) is 0 Å². The van der Waals surface area contributed by atoms with Gasteiger partial charge < -0.3 is 5.32 Å². The number of carbonyl (C=O) groups is 1. The van der Waals surface area contributed by atoms with Crippen molar-refractivity contribution in [1.29, 1.82) is 0 Å². The zero-order valence-corrected chi connectivity index (χ0v) is 8.25. The molecule has 1 heterocycles. The maximum atomic E-state index is 10.7. The smallest absolute Gasteiger partial charge is 0.150 e. The third kappa shape index (κ3) is 2.73. The first kappa shape index (κ1) is 10.5. The lowest BCUT2D eigenvalue weighted by Gasteiger charge is -1.97. The van der Waals surface area contributed by atoms with Gasteiger partial charge in [-0.05, 0) is 30.6 Å². The van der Waals surface area contributed by atoms with Gasteiger partial charge in [-0.1, -0.05) is 19.2 Å². The van der Waals surface area contributed by atoms with Crippen LogP contribution in [-0.4, -0.2) is 12.8 Å². The second-order valence-electron chi connectivity index (χ2n) is 3.19. The molecule has 1 rings (SSSR count). The molecule has 74 valence electrons. The summed E-state index contributed by atoms with van der Waals surface area (Å²) in [5.41, 5.74) is 2.43. The van der Waals surface area contributed by atoms with Gasteiger partial charge in [-0.25, -0.2) is 0 Å². The lowest BCUT2D eigenvalue weighted by Crippen LogP contribution is -2.02. The maximum Gasteiger partial charge on any atom is 0.150 e. The topological polar surface area (TPSA) is 29.1 Å². The molecule has 1 aliphatic heterocycles. The molecule has 2 heteroatoms. The monoisotopic (exact) mass is 189 g/mol. The van der Waals surface area contributed by atoms with E-state index in [4.69, 9.17) is 0 Å². The second kappa shape index (κ2) is 5.22. The van der Waals surface area contributed by atoms with Gasteiger partial charge in [-0.2, -0.15) is 0 Å². The number of allylic oxidation sites excluding steroid dienone is 6. The molecule has 0 unspecified atom stereocenters. The van der Waals surface area contributed by atoms with Crippen molar-refractivity contribution in [3.05, 3.63) is 48.2 Å². The van der Waals surface area contributed by atoms with Crippen molar-refractivity contribution in [1.82, 2.24) is 5.32 Å². The van der Waals surface area contributed by atoms with Crippen molar-refractivity contribution in [2.75, 3.05) is 6.54 Å². The first-order valence-electron chi connectivity index (χ1n) is 4.69. The summed E-state index contributed by atoms with van der Waals surface area (Å²) in [6.45, 7) is 8.32. The van der Waals surface area contributed by atoms with Gasteiger partial charge in [0.2, 0.25) is 0 Å². The summed E-state index contributed by atoms with van der Waals surface area (Å²) in [4.78, 5) is 10.7. The van der Waals surface area contributed by atoms with Crippen LogP contribution in [0.5, 0.6) is 0 Å². The third-order valence-corrected chi connectivity index (χ3v) is 2.18. The fraction of sp³-hybridized carbons (Fsp3) is 0.250. The highest BCUT2D eigenvalue weighted by Crippen LogP contribution is 2.11. The van der Waals surface area contributed by atoms with Crippen LogP contribution >= 0.6 is 0 Å². The van der Waals surface area contributed by atoms with E-state index in [1.54, 1.807) is 12.2 Å². The van der Waals surface area contributed by atoms with Crippen LogP contribution in [0.3, 0.4) is 0 Å². The molecule has 1 saturated heterocycles. The summed E-state index contributed by atoms with van der Waals surface area (Å²) in [5, 5.41) is 3.24. The molecule has 2 nitrogen and oxygen atoms in total. The molecular formula is C12H15NO. The molecule has 0 aromatic carbocycles. The highest BCUT2D eigenvalue weighted by Gasteiger charge is 2.03. The summed E-state index contributed by atoms with van der Waals surface area (Å²) in [6, 6.07) is 0. The Kier molecular flexibility index (Phi) is 3.92.